The summed E-state index contributed by atoms with van der Waals surface area (Å²) < 4.78 is 5.72. The van der Waals surface area contributed by atoms with Gasteiger partial charge in [0.1, 0.15) is 6.10 Å². The topological polar surface area (TPSA) is 38.3 Å². The highest BCUT2D eigenvalue weighted by atomic mass is 16.5. The summed E-state index contributed by atoms with van der Waals surface area (Å²) in [7, 11) is 0. The fourth-order valence-corrected chi connectivity index (χ4v) is 2.84. The van der Waals surface area contributed by atoms with Crippen LogP contribution in [-0.4, -0.2) is 18.6 Å². The first-order chi connectivity index (χ1) is 9.76. The van der Waals surface area contributed by atoms with E-state index in [0.717, 1.165) is 50.8 Å². The van der Waals surface area contributed by atoms with Gasteiger partial charge in [-0.15, -0.1) is 0 Å². The maximum atomic E-state index is 12.4. The molecular weight excluding hydrogens is 250 g/mol. The van der Waals surface area contributed by atoms with Crippen LogP contribution in [-0.2, 0) is 17.7 Å². The van der Waals surface area contributed by atoms with E-state index in [4.69, 9.17) is 4.74 Å². The summed E-state index contributed by atoms with van der Waals surface area (Å²) in [4.78, 5) is 12.4. The molecule has 20 heavy (non-hydrogen) atoms. The van der Waals surface area contributed by atoms with Crippen LogP contribution in [0.4, 0.5) is 0 Å². The van der Waals surface area contributed by atoms with E-state index in [2.05, 4.69) is 25.2 Å². The van der Waals surface area contributed by atoms with Gasteiger partial charge >= 0.3 is 5.97 Å². The molecule has 0 radical (unpaired) electrons. The number of hydrogen-bond acceptors (Lipinski definition) is 3. The van der Waals surface area contributed by atoms with Crippen molar-refractivity contribution in [3.05, 3.63) is 34.9 Å². The SMILES string of the molecule is CCCC(CCC)OC(=O)c1cccc2c1CCNC2. The Hall–Kier alpha value is -1.35. The van der Waals surface area contributed by atoms with Crippen LogP contribution in [0, 0.1) is 0 Å². The molecule has 1 heterocycles. The molecule has 110 valence electrons. The third-order valence-corrected chi connectivity index (χ3v) is 3.86. The van der Waals surface area contributed by atoms with Gasteiger partial charge in [0.05, 0.1) is 5.56 Å². The van der Waals surface area contributed by atoms with E-state index in [-0.39, 0.29) is 12.1 Å². The molecule has 3 nitrogen and oxygen atoms in total. The first-order valence-electron chi connectivity index (χ1n) is 7.78. The lowest BCUT2D eigenvalue weighted by Gasteiger charge is -2.21. The van der Waals surface area contributed by atoms with Crippen LogP contribution < -0.4 is 5.32 Å². The van der Waals surface area contributed by atoms with Crippen LogP contribution in [0.2, 0.25) is 0 Å². The van der Waals surface area contributed by atoms with Gasteiger partial charge in [0.25, 0.3) is 0 Å². The van der Waals surface area contributed by atoms with Crippen LogP contribution >= 0.6 is 0 Å². The molecule has 0 atom stereocenters. The second kappa shape index (κ2) is 7.44. The van der Waals surface area contributed by atoms with Crippen LogP contribution in [0.1, 0.15) is 61.0 Å². The number of carbonyl (C=O) groups is 1. The summed E-state index contributed by atoms with van der Waals surface area (Å²) >= 11 is 0. The van der Waals surface area contributed by atoms with Gasteiger partial charge in [-0.1, -0.05) is 38.8 Å². The molecule has 1 aliphatic rings. The molecule has 1 N–H and O–H groups in total. The fraction of sp³-hybridized carbons (Fsp3) is 0.588. The number of rotatable bonds is 6. The number of esters is 1. The van der Waals surface area contributed by atoms with E-state index in [9.17, 15) is 4.79 Å². The minimum absolute atomic E-state index is 0.0649. The Kier molecular flexibility index (Phi) is 5.60. The molecule has 0 amide bonds. The Labute approximate surface area is 121 Å². The van der Waals surface area contributed by atoms with Gasteiger partial charge in [-0.3, -0.25) is 0 Å². The quantitative estimate of drug-likeness (QED) is 0.808. The molecule has 1 aromatic rings. The zero-order valence-electron chi connectivity index (χ0n) is 12.6. The highest BCUT2D eigenvalue weighted by molar-refractivity contribution is 5.91. The second-order valence-corrected chi connectivity index (χ2v) is 5.47. The largest absolute Gasteiger partial charge is 0.459 e. The van der Waals surface area contributed by atoms with Gasteiger partial charge in [-0.2, -0.15) is 0 Å². The van der Waals surface area contributed by atoms with Gasteiger partial charge in [0.2, 0.25) is 0 Å². The molecule has 0 aromatic heterocycles. The first-order valence-corrected chi connectivity index (χ1v) is 7.78. The maximum Gasteiger partial charge on any atom is 0.338 e. The third kappa shape index (κ3) is 3.60. The van der Waals surface area contributed by atoms with Crippen molar-refractivity contribution in [1.29, 1.82) is 0 Å². The monoisotopic (exact) mass is 275 g/mol. The number of ether oxygens (including phenoxy) is 1. The Morgan fingerprint density at radius 3 is 2.75 bits per heavy atom. The summed E-state index contributed by atoms with van der Waals surface area (Å²) in [5.74, 6) is -0.143. The zero-order chi connectivity index (χ0) is 14.4. The van der Waals surface area contributed by atoms with Gasteiger partial charge in [0, 0.05) is 6.54 Å². The first kappa shape index (κ1) is 15.0. The van der Waals surface area contributed by atoms with E-state index < -0.39 is 0 Å². The predicted molar refractivity (Wildman–Crippen MR) is 80.9 cm³/mol. The average molecular weight is 275 g/mol. The van der Waals surface area contributed by atoms with Crippen molar-refractivity contribution in [1.82, 2.24) is 5.32 Å². The van der Waals surface area contributed by atoms with Gasteiger partial charge in [0.15, 0.2) is 0 Å². The van der Waals surface area contributed by atoms with Crippen molar-refractivity contribution < 1.29 is 9.53 Å². The number of benzene rings is 1. The Bertz CT molecular complexity index is 450. The molecule has 1 aliphatic heterocycles. The maximum absolute atomic E-state index is 12.4. The van der Waals surface area contributed by atoms with Gasteiger partial charge in [-0.25, -0.2) is 4.79 Å². The van der Waals surface area contributed by atoms with Gasteiger partial charge in [-0.05, 0) is 43.0 Å². The molecule has 3 heteroatoms. The molecule has 1 aromatic carbocycles. The summed E-state index contributed by atoms with van der Waals surface area (Å²) in [5.41, 5.74) is 3.16. The molecule has 2 rings (SSSR count). The molecule has 0 saturated carbocycles. The minimum Gasteiger partial charge on any atom is -0.459 e. The van der Waals surface area contributed by atoms with E-state index in [1.165, 1.54) is 11.1 Å². The van der Waals surface area contributed by atoms with E-state index >= 15 is 0 Å². The van der Waals surface area contributed by atoms with Crippen molar-refractivity contribution >= 4 is 5.97 Å². The Balaban J connectivity index is 2.12. The lowest BCUT2D eigenvalue weighted by atomic mass is 9.95. The molecule has 0 spiro atoms. The van der Waals surface area contributed by atoms with E-state index in [1.54, 1.807) is 0 Å². The lowest BCUT2D eigenvalue weighted by molar-refractivity contribution is 0.0257. The highest BCUT2D eigenvalue weighted by Gasteiger charge is 2.20. The minimum atomic E-state index is -0.143. The standard InChI is InChI=1S/C17H25NO2/c1-3-6-14(7-4-2)20-17(19)16-9-5-8-13-12-18-11-10-15(13)16/h5,8-9,14,18H,3-4,6-7,10-12H2,1-2H3. The average Bonchev–Trinajstić information content (AvgIpc) is 2.47. The molecular formula is C17H25NO2. The van der Waals surface area contributed by atoms with Crippen molar-refractivity contribution in [3.63, 3.8) is 0 Å². The number of hydrogen-bond donors (Lipinski definition) is 1. The number of fused-ring (bicyclic) bond motifs is 1. The number of nitrogens with one attached hydrogen (secondary N) is 1. The van der Waals surface area contributed by atoms with Crippen LogP contribution in [0.5, 0.6) is 0 Å². The Morgan fingerprint density at radius 1 is 1.30 bits per heavy atom. The molecule has 0 saturated heterocycles. The van der Waals surface area contributed by atoms with E-state index in [0.29, 0.717) is 0 Å². The van der Waals surface area contributed by atoms with Crippen molar-refractivity contribution in [2.24, 2.45) is 0 Å². The molecule has 0 aliphatic carbocycles. The number of carbonyl (C=O) groups excluding carboxylic acids is 1. The summed E-state index contributed by atoms with van der Waals surface area (Å²) in [6.07, 6.45) is 4.98. The van der Waals surface area contributed by atoms with Gasteiger partial charge < -0.3 is 10.1 Å². The second-order valence-electron chi connectivity index (χ2n) is 5.47. The zero-order valence-corrected chi connectivity index (χ0v) is 12.6. The predicted octanol–water partition coefficient (Wildman–Crippen LogP) is 3.46. The normalized spacial score (nSPS) is 14.2. The summed E-state index contributed by atoms with van der Waals surface area (Å²) in [6, 6.07) is 5.95. The molecule has 0 unspecified atom stereocenters. The smallest absolute Gasteiger partial charge is 0.338 e. The van der Waals surface area contributed by atoms with Crippen molar-refractivity contribution in [2.75, 3.05) is 6.54 Å². The molecule has 0 fully saturated rings. The Morgan fingerprint density at radius 2 is 2.05 bits per heavy atom. The third-order valence-electron chi connectivity index (χ3n) is 3.86. The van der Waals surface area contributed by atoms with E-state index in [1.807, 2.05) is 12.1 Å². The summed E-state index contributed by atoms with van der Waals surface area (Å²) in [6.45, 7) is 6.05. The fourth-order valence-electron chi connectivity index (χ4n) is 2.84. The van der Waals surface area contributed by atoms with Crippen molar-refractivity contribution in [2.45, 2.75) is 58.6 Å². The highest BCUT2D eigenvalue weighted by Crippen LogP contribution is 2.21. The molecule has 0 bridgehead atoms. The lowest BCUT2D eigenvalue weighted by Crippen LogP contribution is -2.26. The van der Waals surface area contributed by atoms with Crippen LogP contribution in [0.3, 0.4) is 0 Å². The summed E-state index contributed by atoms with van der Waals surface area (Å²) in [5, 5.41) is 3.34. The van der Waals surface area contributed by atoms with Crippen molar-refractivity contribution in [3.8, 4) is 0 Å². The van der Waals surface area contributed by atoms with Crippen LogP contribution in [0.25, 0.3) is 0 Å². The van der Waals surface area contributed by atoms with Crippen LogP contribution in [0.15, 0.2) is 18.2 Å².